The second-order valence-electron chi connectivity index (χ2n) is 4.69. The molecule has 0 N–H and O–H groups in total. The summed E-state index contributed by atoms with van der Waals surface area (Å²) in [5.41, 5.74) is 1.59. The Hall–Kier alpha value is -1.38. The van der Waals surface area contributed by atoms with Gasteiger partial charge in [0.25, 0.3) is 5.91 Å². The predicted octanol–water partition coefficient (Wildman–Crippen LogP) is 2.79. The van der Waals surface area contributed by atoms with Crippen LogP contribution in [0.2, 0.25) is 0 Å². The normalized spacial score (nSPS) is 20.4. The molecule has 1 unspecified atom stereocenters. The van der Waals surface area contributed by atoms with Crippen LogP contribution in [0, 0.1) is 6.92 Å². The van der Waals surface area contributed by atoms with E-state index in [1.165, 1.54) is 6.42 Å². The zero-order valence-corrected chi connectivity index (χ0v) is 10.6. The first-order valence-corrected chi connectivity index (χ1v) is 6.46. The Morgan fingerprint density at radius 1 is 1.53 bits per heavy atom. The van der Waals surface area contributed by atoms with Crippen LogP contribution < -0.4 is 0 Å². The first-order valence-electron chi connectivity index (χ1n) is 6.46. The van der Waals surface area contributed by atoms with Gasteiger partial charge in [-0.25, -0.2) is 0 Å². The monoisotopic (exact) mass is 232 g/mol. The lowest BCUT2D eigenvalue weighted by Gasteiger charge is -2.35. The molecule has 1 aromatic heterocycles. The number of carbonyl (C=O) groups excluding carboxylic acids is 1. The molecule has 0 bridgehead atoms. The molecule has 1 aromatic rings. The molecule has 1 aliphatic rings. The summed E-state index contributed by atoms with van der Waals surface area (Å²) in [6, 6.07) is 4.13. The minimum atomic E-state index is 0.155. The summed E-state index contributed by atoms with van der Waals surface area (Å²) in [5, 5.41) is 0. The summed E-state index contributed by atoms with van der Waals surface area (Å²) in [4.78, 5) is 18.7. The summed E-state index contributed by atoms with van der Waals surface area (Å²) in [6.45, 7) is 4.95. The molecule has 1 saturated heterocycles. The third-order valence-electron chi connectivity index (χ3n) is 3.60. The number of piperidine rings is 1. The van der Waals surface area contributed by atoms with Crippen molar-refractivity contribution in [3.63, 3.8) is 0 Å². The number of aromatic nitrogens is 1. The summed E-state index contributed by atoms with van der Waals surface area (Å²) in [5.74, 6) is 0.155. The summed E-state index contributed by atoms with van der Waals surface area (Å²) >= 11 is 0. The highest BCUT2D eigenvalue weighted by Gasteiger charge is 2.26. The van der Waals surface area contributed by atoms with Crippen molar-refractivity contribution in [2.45, 2.75) is 45.6 Å². The van der Waals surface area contributed by atoms with Crippen molar-refractivity contribution >= 4 is 5.91 Å². The predicted molar refractivity (Wildman–Crippen MR) is 67.9 cm³/mol. The highest BCUT2D eigenvalue weighted by atomic mass is 16.2. The molecular weight excluding hydrogens is 212 g/mol. The van der Waals surface area contributed by atoms with Crippen LogP contribution >= 0.6 is 0 Å². The number of nitrogens with zero attached hydrogens (tertiary/aromatic N) is 2. The fourth-order valence-electron chi connectivity index (χ4n) is 2.56. The lowest BCUT2D eigenvalue weighted by atomic mass is 9.98. The maximum atomic E-state index is 12.5. The largest absolute Gasteiger partial charge is 0.336 e. The van der Waals surface area contributed by atoms with Gasteiger partial charge in [-0.2, -0.15) is 0 Å². The summed E-state index contributed by atoms with van der Waals surface area (Å²) < 4.78 is 0. The van der Waals surface area contributed by atoms with E-state index < -0.39 is 0 Å². The third-order valence-corrected chi connectivity index (χ3v) is 3.60. The SMILES string of the molecule is CCC1CCCCN1C(=O)c1cccnc1C. The Bertz CT molecular complexity index is 403. The number of carbonyl (C=O) groups is 1. The van der Waals surface area contributed by atoms with Crippen LogP contribution in [-0.2, 0) is 0 Å². The van der Waals surface area contributed by atoms with E-state index >= 15 is 0 Å². The standard InChI is InChI=1S/C14H20N2O/c1-3-12-7-4-5-10-16(12)14(17)13-8-6-9-15-11(13)2/h6,8-9,12H,3-5,7,10H2,1-2H3. The van der Waals surface area contributed by atoms with E-state index in [0.717, 1.165) is 37.1 Å². The average Bonchev–Trinajstić information content (AvgIpc) is 2.38. The van der Waals surface area contributed by atoms with E-state index in [-0.39, 0.29) is 5.91 Å². The highest BCUT2D eigenvalue weighted by Crippen LogP contribution is 2.22. The Kier molecular flexibility index (Phi) is 3.77. The lowest BCUT2D eigenvalue weighted by Crippen LogP contribution is -2.43. The van der Waals surface area contributed by atoms with Crippen molar-refractivity contribution in [2.75, 3.05) is 6.54 Å². The Labute approximate surface area is 103 Å². The first-order chi connectivity index (χ1) is 8.24. The van der Waals surface area contributed by atoms with Crippen molar-refractivity contribution in [1.82, 2.24) is 9.88 Å². The van der Waals surface area contributed by atoms with Gasteiger partial charge in [-0.15, -0.1) is 0 Å². The maximum Gasteiger partial charge on any atom is 0.255 e. The summed E-state index contributed by atoms with van der Waals surface area (Å²) in [6.07, 6.45) is 6.29. The molecule has 0 saturated carbocycles. The molecule has 92 valence electrons. The van der Waals surface area contributed by atoms with Crippen LogP contribution in [0.25, 0.3) is 0 Å². The van der Waals surface area contributed by atoms with Gasteiger partial charge < -0.3 is 4.90 Å². The number of aryl methyl sites for hydroxylation is 1. The molecule has 1 fully saturated rings. The van der Waals surface area contributed by atoms with Crippen molar-refractivity contribution in [1.29, 1.82) is 0 Å². The molecule has 3 nitrogen and oxygen atoms in total. The zero-order valence-electron chi connectivity index (χ0n) is 10.6. The molecule has 1 aliphatic heterocycles. The van der Waals surface area contributed by atoms with Gasteiger partial charge in [0, 0.05) is 24.5 Å². The number of amides is 1. The van der Waals surface area contributed by atoms with Crippen LogP contribution in [0.5, 0.6) is 0 Å². The highest BCUT2D eigenvalue weighted by molar-refractivity contribution is 5.95. The third kappa shape index (κ3) is 2.48. The molecule has 0 aliphatic carbocycles. The second-order valence-corrected chi connectivity index (χ2v) is 4.69. The van der Waals surface area contributed by atoms with E-state index in [1.807, 2.05) is 24.0 Å². The van der Waals surface area contributed by atoms with Crippen molar-refractivity contribution in [3.8, 4) is 0 Å². The molecular formula is C14H20N2O. The van der Waals surface area contributed by atoms with Crippen molar-refractivity contribution in [3.05, 3.63) is 29.6 Å². The van der Waals surface area contributed by atoms with E-state index in [9.17, 15) is 4.79 Å². The zero-order chi connectivity index (χ0) is 12.3. The van der Waals surface area contributed by atoms with Gasteiger partial charge in [0.2, 0.25) is 0 Å². The van der Waals surface area contributed by atoms with E-state index in [1.54, 1.807) is 6.20 Å². The molecule has 0 radical (unpaired) electrons. The molecule has 3 heteroatoms. The molecule has 2 rings (SSSR count). The first kappa shape index (κ1) is 12.1. The van der Waals surface area contributed by atoms with Crippen molar-refractivity contribution in [2.24, 2.45) is 0 Å². The fourth-order valence-corrected chi connectivity index (χ4v) is 2.56. The fraction of sp³-hybridized carbons (Fsp3) is 0.571. The smallest absolute Gasteiger partial charge is 0.255 e. The molecule has 0 aromatic carbocycles. The number of hydrogen-bond acceptors (Lipinski definition) is 2. The minimum Gasteiger partial charge on any atom is -0.336 e. The van der Waals surface area contributed by atoms with Gasteiger partial charge in [0.15, 0.2) is 0 Å². The average molecular weight is 232 g/mol. The molecule has 17 heavy (non-hydrogen) atoms. The topological polar surface area (TPSA) is 33.2 Å². The van der Waals surface area contributed by atoms with Gasteiger partial charge >= 0.3 is 0 Å². The molecule has 0 spiro atoms. The maximum absolute atomic E-state index is 12.5. The van der Waals surface area contributed by atoms with Crippen LogP contribution in [0.1, 0.15) is 48.7 Å². The van der Waals surface area contributed by atoms with E-state index in [2.05, 4.69) is 11.9 Å². The van der Waals surface area contributed by atoms with Gasteiger partial charge in [0.05, 0.1) is 5.56 Å². The van der Waals surface area contributed by atoms with Gasteiger partial charge in [0.1, 0.15) is 0 Å². The second kappa shape index (κ2) is 5.30. The van der Waals surface area contributed by atoms with Crippen LogP contribution in [0.4, 0.5) is 0 Å². The minimum absolute atomic E-state index is 0.155. The molecule has 1 atom stereocenters. The number of pyridine rings is 1. The number of hydrogen-bond donors (Lipinski definition) is 0. The lowest BCUT2D eigenvalue weighted by molar-refractivity contribution is 0.0607. The van der Waals surface area contributed by atoms with E-state index in [4.69, 9.17) is 0 Å². The Morgan fingerprint density at radius 3 is 3.06 bits per heavy atom. The molecule has 1 amide bonds. The number of rotatable bonds is 2. The number of likely N-dealkylation sites (tertiary alicyclic amines) is 1. The van der Waals surface area contributed by atoms with Gasteiger partial charge in [-0.05, 0) is 44.7 Å². The van der Waals surface area contributed by atoms with Crippen molar-refractivity contribution < 1.29 is 4.79 Å². The van der Waals surface area contributed by atoms with Gasteiger partial charge in [-0.3, -0.25) is 9.78 Å². The Morgan fingerprint density at radius 2 is 2.35 bits per heavy atom. The van der Waals surface area contributed by atoms with Crippen LogP contribution in [0.15, 0.2) is 18.3 Å². The Balaban J connectivity index is 2.21. The van der Waals surface area contributed by atoms with Crippen LogP contribution in [0.3, 0.4) is 0 Å². The van der Waals surface area contributed by atoms with E-state index in [0.29, 0.717) is 6.04 Å². The molecule has 2 heterocycles. The van der Waals surface area contributed by atoms with Crippen LogP contribution in [-0.4, -0.2) is 28.4 Å². The quantitative estimate of drug-likeness (QED) is 0.785. The summed E-state index contributed by atoms with van der Waals surface area (Å²) in [7, 11) is 0. The van der Waals surface area contributed by atoms with Gasteiger partial charge in [-0.1, -0.05) is 6.92 Å².